The van der Waals surface area contributed by atoms with Crippen LogP contribution in [0.5, 0.6) is 0 Å². The topological polar surface area (TPSA) is 75.5 Å². The van der Waals surface area contributed by atoms with Crippen LogP contribution in [-0.4, -0.2) is 24.4 Å². The Morgan fingerprint density at radius 1 is 1.19 bits per heavy atom. The van der Waals surface area contributed by atoms with Crippen molar-refractivity contribution in [3.8, 4) is 0 Å². The van der Waals surface area contributed by atoms with Gasteiger partial charge in [0, 0.05) is 30.6 Å². The molecule has 108 valence electrons. The molecule has 21 heavy (non-hydrogen) atoms. The van der Waals surface area contributed by atoms with Crippen LogP contribution < -0.4 is 10.2 Å². The number of anilines is 2. The van der Waals surface area contributed by atoms with Crippen molar-refractivity contribution in [2.75, 3.05) is 23.8 Å². The number of non-ortho nitro benzene ring substituents is 1. The van der Waals surface area contributed by atoms with Gasteiger partial charge in [0.1, 0.15) is 0 Å². The van der Waals surface area contributed by atoms with Gasteiger partial charge < -0.3 is 10.2 Å². The molecule has 0 aliphatic rings. The molecule has 6 nitrogen and oxygen atoms in total. The summed E-state index contributed by atoms with van der Waals surface area (Å²) in [7, 11) is 1.69. The van der Waals surface area contributed by atoms with Crippen molar-refractivity contribution < 1.29 is 9.72 Å². The summed E-state index contributed by atoms with van der Waals surface area (Å²) >= 11 is 0. The zero-order valence-electron chi connectivity index (χ0n) is 11.5. The Balaban J connectivity index is 1.98. The number of nitro benzene ring substituents is 1. The maximum atomic E-state index is 12.1. The molecule has 0 bridgehead atoms. The molecule has 0 saturated heterocycles. The lowest BCUT2D eigenvalue weighted by Crippen LogP contribution is -2.32. The molecule has 0 heterocycles. The number of hydrogen-bond acceptors (Lipinski definition) is 4. The quantitative estimate of drug-likeness (QED) is 0.677. The Morgan fingerprint density at radius 3 is 2.57 bits per heavy atom. The molecule has 2 aromatic rings. The zero-order chi connectivity index (χ0) is 15.2. The van der Waals surface area contributed by atoms with E-state index in [0.717, 1.165) is 5.69 Å². The fourth-order valence-corrected chi connectivity index (χ4v) is 1.82. The maximum Gasteiger partial charge on any atom is 0.271 e. The Hall–Kier alpha value is -2.89. The van der Waals surface area contributed by atoms with E-state index in [0.29, 0.717) is 5.69 Å². The summed E-state index contributed by atoms with van der Waals surface area (Å²) in [6.07, 6.45) is 0. The van der Waals surface area contributed by atoms with Crippen molar-refractivity contribution in [2.24, 2.45) is 0 Å². The smallest absolute Gasteiger partial charge is 0.271 e. The van der Waals surface area contributed by atoms with Crippen LogP contribution in [0.25, 0.3) is 0 Å². The fraction of sp³-hybridized carbons (Fsp3) is 0.133. The number of amides is 1. The minimum Gasteiger partial charge on any atom is -0.376 e. The summed E-state index contributed by atoms with van der Waals surface area (Å²) in [4.78, 5) is 23.8. The first-order valence-electron chi connectivity index (χ1n) is 6.38. The van der Waals surface area contributed by atoms with E-state index < -0.39 is 4.92 Å². The lowest BCUT2D eigenvalue weighted by atomic mass is 10.2. The summed E-state index contributed by atoms with van der Waals surface area (Å²) < 4.78 is 0. The fourth-order valence-electron chi connectivity index (χ4n) is 1.82. The van der Waals surface area contributed by atoms with E-state index in [1.54, 1.807) is 19.2 Å². The van der Waals surface area contributed by atoms with Crippen molar-refractivity contribution >= 4 is 23.0 Å². The van der Waals surface area contributed by atoms with Gasteiger partial charge >= 0.3 is 0 Å². The van der Waals surface area contributed by atoms with Crippen LogP contribution in [0.4, 0.5) is 17.1 Å². The minimum absolute atomic E-state index is 0.0103. The molecule has 1 N–H and O–H groups in total. The van der Waals surface area contributed by atoms with Gasteiger partial charge in [0.05, 0.1) is 11.5 Å². The Bertz CT molecular complexity index is 644. The number of likely N-dealkylation sites (N-methyl/N-ethyl adjacent to an activating group) is 1. The van der Waals surface area contributed by atoms with E-state index >= 15 is 0 Å². The van der Waals surface area contributed by atoms with Crippen LogP contribution in [0, 0.1) is 10.1 Å². The summed E-state index contributed by atoms with van der Waals surface area (Å²) in [5.74, 6) is -0.132. The first kappa shape index (κ1) is 14.5. The highest BCUT2D eigenvalue weighted by Gasteiger charge is 2.11. The van der Waals surface area contributed by atoms with E-state index in [4.69, 9.17) is 0 Å². The highest BCUT2D eigenvalue weighted by molar-refractivity contribution is 5.95. The SMILES string of the molecule is CN(C(=O)CNc1cccc([N+](=O)[O-])c1)c1ccccc1. The number of nitrogens with zero attached hydrogens (tertiary/aromatic N) is 2. The molecule has 0 unspecified atom stereocenters. The van der Waals surface area contributed by atoms with Crippen molar-refractivity contribution in [1.29, 1.82) is 0 Å². The second-order valence-corrected chi connectivity index (χ2v) is 4.45. The molecule has 0 saturated carbocycles. The average molecular weight is 285 g/mol. The lowest BCUT2D eigenvalue weighted by molar-refractivity contribution is -0.384. The first-order valence-corrected chi connectivity index (χ1v) is 6.38. The van der Waals surface area contributed by atoms with Crippen LogP contribution in [-0.2, 0) is 4.79 Å². The third-order valence-corrected chi connectivity index (χ3v) is 3.02. The molecule has 0 aromatic heterocycles. The van der Waals surface area contributed by atoms with Crippen LogP contribution in [0.3, 0.4) is 0 Å². The van der Waals surface area contributed by atoms with E-state index in [1.807, 2.05) is 30.3 Å². The third-order valence-electron chi connectivity index (χ3n) is 3.02. The second kappa shape index (κ2) is 6.51. The highest BCUT2D eigenvalue weighted by Crippen LogP contribution is 2.17. The first-order chi connectivity index (χ1) is 10.1. The Kier molecular flexibility index (Phi) is 4.50. The van der Waals surface area contributed by atoms with E-state index in [-0.39, 0.29) is 18.1 Å². The molecule has 2 aromatic carbocycles. The summed E-state index contributed by atoms with van der Waals surface area (Å²) in [6.45, 7) is 0.0621. The van der Waals surface area contributed by atoms with Crippen molar-refractivity contribution in [2.45, 2.75) is 0 Å². The molecule has 0 spiro atoms. The predicted molar refractivity (Wildman–Crippen MR) is 81.4 cm³/mol. The molecule has 6 heteroatoms. The molecule has 0 atom stereocenters. The lowest BCUT2D eigenvalue weighted by Gasteiger charge is -2.17. The van der Waals surface area contributed by atoms with Gasteiger partial charge in [-0.25, -0.2) is 0 Å². The molecular formula is C15H15N3O3. The maximum absolute atomic E-state index is 12.1. The number of hydrogen-bond donors (Lipinski definition) is 1. The molecule has 1 amide bonds. The predicted octanol–water partition coefficient (Wildman–Crippen LogP) is 2.67. The normalized spacial score (nSPS) is 9.95. The van der Waals surface area contributed by atoms with Crippen molar-refractivity contribution in [3.05, 3.63) is 64.7 Å². The number of carbonyl (C=O) groups is 1. The van der Waals surface area contributed by atoms with Crippen LogP contribution in [0.15, 0.2) is 54.6 Å². The monoisotopic (exact) mass is 285 g/mol. The highest BCUT2D eigenvalue weighted by atomic mass is 16.6. The summed E-state index contributed by atoms with van der Waals surface area (Å²) in [5.41, 5.74) is 1.33. The average Bonchev–Trinajstić information content (AvgIpc) is 2.53. The molecule has 0 fully saturated rings. The van der Waals surface area contributed by atoms with E-state index in [1.165, 1.54) is 17.0 Å². The van der Waals surface area contributed by atoms with Crippen LogP contribution in [0.2, 0.25) is 0 Å². The Morgan fingerprint density at radius 2 is 1.90 bits per heavy atom. The van der Waals surface area contributed by atoms with Gasteiger partial charge in [-0.3, -0.25) is 14.9 Å². The number of carbonyl (C=O) groups excluding carboxylic acids is 1. The largest absolute Gasteiger partial charge is 0.376 e. The molecule has 0 aliphatic heterocycles. The van der Waals surface area contributed by atoms with Gasteiger partial charge in [-0.2, -0.15) is 0 Å². The number of benzene rings is 2. The van der Waals surface area contributed by atoms with Gasteiger partial charge in [0.2, 0.25) is 5.91 Å². The van der Waals surface area contributed by atoms with Crippen LogP contribution >= 0.6 is 0 Å². The molecular weight excluding hydrogens is 270 g/mol. The third kappa shape index (κ3) is 3.79. The van der Waals surface area contributed by atoms with Gasteiger partial charge in [-0.1, -0.05) is 24.3 Å². The molecule has 2 rings (SSSR count). The van der Waals surface area contributed by atoms with Crippen molar-refractivity contribution in [3.63, 3.8) is 0 Å². The minimum atomic E-state index is -0.469. The van der Waals surface area contributed by atoms with Crippen molar-refractivity contribution in [1.82, 2.24) is 0 Å². The Labute approximate surface area is 122 Å². The van der Waals surface area contributed by atoms with E-state index in [9.17, 15) is 14.9 Å². The number of nitro groups is 1. The van der Waals surface area contributed by atoms with Gasteiger partial charge in [-0.15, -0.1) is 0 Å². The molecule has 0 radical (unpaired) electrons. The van der Waals surface area contributed by atoms with Gasteiger partial charge in [-0.05, 0) is 18.2 Å². The second-order valence-electron chi connectivity index (χ2n) is 4.45. The number of nitrogens with one attached hydrogen (secondary N) is 1. The standard InChI is InChI=1S/C15H15N3O3/c1-17(13-7-3-2-4-8-13)15(19)11-16-12-6-5-9-14(10-12)18(20)21/h2-10,16H,11H2,1H3. The summed E-state index contributed by atoms with van der Waals surface area (Å²) in [5, 5.41) is 13.6. The number of para-hydroxylation sites is 1. The van der Waals surface area contributed by atoms with E-state index in [2.05, 4.69) is 5.32 Å². The van der Waals surface area contributed by atoms with Gasteiger partial charge in [0.15, 0.2) is 0 Å². The summed E-state index contributed by atoms with van der Waals surface area (Å²) in [6, 6.07) is 15.3. The number of rotatable bonds is 5. The zero-order valence-corrected chi connectivity index (χ0v) is 11.5. The van der Waals surface area contributed by atoms with Gasteiger partial charge in [0.25, 0.3) is 5.69 Å². The molecule has 0 aliphatic carbocycles. The van der Waals surface area contributed by atoms with Crippen LogP contribution in [0.1, 0.15) is 0 Å².